The third-order valence-electron chi connectivity index (χ3n) is 3.10. The summed E-state index contributed by atoms with van der Waals surface area (Å²) in [6, 6.07) is 9.96. The summed E-state index contributed by atoms with van der Waals surface area (Å²) >= 11 is 0. The molecule has 1 aromatic rings. The van der Waals surface area contributed by atoms with E-state index in [0.717, 1.165) is 24.8 Å². The van der Waals surface area contributed by atoms with E-state index in [1.807, 2.05) is 30.3 Å². The van der Waals surface area contributed by atoms with Crippen LogP contribution in [0.3, 0.4) is 0 Å². The molecule has 0 aromatic heterocycles. The van der Waals surface area contributed by atoms with Crippen molar-refractivity contribution >= 4 is 5.97 Å². The lowest BCUT2D eigenvalue weighted by atomic mass is 9.75. The summed E-state index contributed by atoms with van der Waals surface area (Å²) in [5, 5.41) is 0. The smallest absolute Gasteiger partial charge is 0.333 e. The minimum absolute atomic E-state index is 0.288. The Balaban J connectivity index is 2.21. The molecule has 1 saturated carbocycles. The molecule has 16 heavy (non-hydrogen) atoms. The van der Waals surface area contributed by atoms with Crippen molar-refractivity contribution in [2.45, 2.75) is 31.8 Å². The maximum Gasteiger partial charge on any atom is 0.333 e. The van der Waals surface area contributed by atoms with E-state index < -0.39 is 5.60 Å². The summed E-state index contributed by atoms with van der Waals surface area (Å²) in [6.45, 7) is 5.30. The van der Waals surface area contributed by atoms with Crippen molar-refractivity contribution < 1.29 is 9.53 Å². The van der Waals surface area contributed by atoms with Crippen molar-refractivity contribution in [2.24, 2.45) is 0 Å². The molecule has 0 saturated heterocycles. The van der Waals surface area contributed by atoms with Gasteiger partial charge in [0.2, 0.25) is 0 Å². The maximum absolute atomic E-state index is 11.6. The van der Waals surface area contributed by atoms with Crippen LogP contribution in [0.5, 0.6) is 0 Å². The zero-order valence-electron chi connectivity index (χ0n) is 9.53. The van der Waals surface area contributed by atoms with Gasteiger partial charge in [0, 0.05) is 5.57 Å². The topological polar surface area (TPSA) is 26.3 Å². The highest BCUT2D eigenvalue weighted by atomic mass is 16.6. The van der Waals surface area contributed by atoms with Gasteiger partial charge in [-0.25, -0.2) is 4.79 Å². The fourth-order valence-electron chi connectivity index (χ4n) is 1.95. The summed E-state index contributed by atoms with van der Waals surface area (Å²) in [6.07, 6.45) is 2.93. The molecule has 0 atom stereocenters. The second-order valence-corrected chi connectivity index (χ2v) is 4.38. The number of hydrogen-bond acceptors (Lipinski definition) is 2. The first-order valence-electron chi connectivity index (χ1n) is 5.58. The molecular weight excluding hydrogens is 200 g/mol. The van der Waals surface area contributed by atoms with Gasteiger partial charge in [0.25, 0.3) is 0 Å². The number of esters is 1. The fraction of sp³-hybridized carbons (Fsp3) is 0.357. The number of rotatable bonds is 3. The van der Waals surface area contributed by atoms with Crippen molar-refractivity contribution in [3.8, 4) is 0 Å². The fourth-order valence-corrected chi connectivity index (χ4v) is 1.95. The number of carbonyl (C=O) groups is 1. The van der Waals surface area contributed by atoms with Gasteiger partial charge in [-0.15, -0.1) is 0 Å². The first kappa shape index (κ1) is 10.9. The number of hydrogen-bond donors (Lipinski definition) is 0. The minimum Gasteiger partial charge on any atom is -0.451 e. The first-order valence-corrected chi connectivity index (χ1v) is 5.58. The highest BCUT2D eigenvalue weighted by Gasteiger charge is 2.42. The lowest BCUT2D eigenvalue weighted by Crippen LogP contribution is -2.39. The van der Waals surface area contributed by atoms with Crippen LogP contribution < -0.4 is 0 Å². The van der Waals surface area contributed by atoms with Crippen LogP contribution in [-0.2, 0) is 15.1 Å². The third-order valence-corrected chi connectivity index (χ3v) is 3.10. The zero-order valence-corrected chi connectivity index (χ0v) is 9.53. The standard InChI is InChI=1S/C14H16O2/c1-11(2)13(15)16-14(9-6-10-14)12-7-4-3-5-8-12/h3-5,7-8H,1,6,9-10H2,2H3. The van der Waals surface area contributed by atoms with Crippen LogP contribution in [0.2, 0.25) is 0 Å². The minimum atomic E-state index is -0.392. The van der Waals surface area contributed by atoms with Crippen LogP contribution in [0.1, 0.15) is 31.7 Å². The first-order chi connectivity index (χ1) is 7.64. The van der Waals surface area contributed by atoms with E-state index in [0.29, 0.717) is 5.57 Å². The van der Waals surface area contributed by atoms with Crippen molar-refractivity contribution in [3.63, 3.8) is 0 Å². The molecule has 0 aliphatic heterocycles. The predicted octanol–water partition coefficient (Wildman–Crippen LogP) is 3.19. The quantitative estimate of drug-likeness (QED) is 0.573. The van der Waals surface area contributed by atoms with Gasteiger partial charge in [-0.3, -0.25) is 0 Å². The normalized spacial score (nSPS) is 17.3. The SMILES string of the molecule is C=C(C)C(=O)OC1(c2ccccc2)CCC1. The van der Waals surface area contributed by atoms with Crippen LogP contribution in [0.25, 0.3) is 0 Å². The molecule has 84 valence electrons. The third kappa shape index (κ3) is 1.87. The van der Waals surface area contributed by atoms with Crippen LogP contribution in [0.15, 0.2) is 42.5 Å². The molecule has 0 N–H and O–H groups in total. The van der Waals surface area contributed by atoms with E-state index in [1.54, 1.807) is 6.92 Å². The van der Waals surface area contributed by atoms with E-state index in [2.05, 4.69) is 6.58 Å². The molecule has 0 unspecified atom stereocenters. The molecule has 2 rings (SSSR count). The van der Waals surface area contributed by atoms with E-state index >= 15 is 0 Å². The second kappa shape index (κ2) is 4.12. The Morgan fingerprint density at radius 2 is 1.94 bits per heavy atom. The Hall–Kier alpha value is -1.57. The average molecular weight is 216 g/mol. The van der Waals surface area contributed by atoms with Gasteiger partial charge in [0.05, 0.1) is 0 Å². The summed E-state index contributed by atoms with van der Waals surface area (Å²) < 4.78 is 5.58. The molecular formula is C14H16O2. The summed E-state index contributed by atoms with van der Waals surface area (Å²) in [5.41, 5.74) is 1.16. The molecule has 1 aliphatic rings. The molecule has 0 heterocycles. The Labute approximate surface area is 95.9 Å². The number of ether oxygens (including phenoxy) is 1. The van der Waals surface area contributed by atoms with Crippen molar-refractivity contribution in [3.05, 3.63) is 48.0 Å². The van der Waals surface area contributed by atoms with Gasteiger partial charge in [0.15, 0.2) is 0 Å². The monoisotopic (exact) mass is 216 g/mol. The van der Waals surface area contributed by atoms with Gasteiger partial charge in [0.1, 0.15) is 5.60 Å². The Bertz CT molecular complexity index is 402. The molecule has 2 heteroatoms. The summed E-state index contributed by atoms with van der Waals surface area (Å²) in [5.74, 6) is -0.288. The van der Waals surface area contributed by atoms with Gasteiger partial charge < -0.3 is 4.74 Å². The number of carbonyl (C=O) groups excluding carboxylic acids is 1. The predicted molar refractivity (Wildman–Crippen MR) is 62.9 cm³/mol. The highest BCUT2D eigenvalue weighted by molar-refractivity contribution is 5.87. The van der Waals surface area contributed by atoms with Gasteiger partial charge in [-0.05, 0) is 31.7 Å². The molecule has 0 spiro atoms. The van der Waals surface area contributed by atoms with Gasteiger partial charge in [-0.2, -0.15) is 0 Å². The number of benzene rings is 1. The molecule has 2 nitrogen and oxygen atoms in total. The molecule has 0 bridgehead atoms. The molecule has 0 amide bonds. The Morgan fingerprint density at radius 3 is 2.38 bits per heavy atom. The summed E-state index contributed by atoms with van der Waals surface area (Å²) in [4.78, 5) is 11.6. The van der Waals surface area contributed by atoms with E-state index in [1.165, 1.54) is 0 Å². The van der Waals surface area contributed by atoms with Crippen LogP contribution >= 0.6 is 0 Å². The Morgan fingerprint density at radius 1 is 1.31 bits per heavy atom. The van der Waals surface area contributed by atoms with Gasteiger partial charge in [-0.1, -0.05) is 36.9 Å². The Kier molecular flexibility index (Phi) is 2.82. The molecule has 1 fully saturated rings. The van der Waals surface area contributed by atoms with E-state index in [-0.39, 0.29) is 5.97 Å². The average Bonchev–Trinajstić information content (AvgIpc) is 2.24. The lowest BCUT2D eigenvalue weighted by molar-refractivity contribution is -0.166. The second-order valence-electron chi connectivity index (χ2n) is 4.38. The molecule has 1 aliphatic carbocycles. The van der Waals surface area contributed by atoms with Crippen molar-refractivity contribution in [1.29, 1.82) is 0 Å². The van der Waals surface area contributed by atoms with E-state index in [4.69, 9.17) is 4.74 Å². The highest BCUT2D eigenvalue weighted by Crippen LogP contribution is 2.45. The maximum atomic E-state index is 11.6. The van der Waals surface area contributed by atoms with Crippen LogP contribution in [0.4, 0.5) is 0 Å². The van der Waals surface area contributed by atoms with Crippen LogP contribution in [-0.4, -0.2) is 5.97 Å². The van der Waals surface area contributed by atoms with Crippen molar-refractivity contribution in [1.82, 2.24) is 0 Å². The van der Waals surface area contributed by atoms with Crippen LogP contribution in [0, 0.1) is 0 Å². The van der Waals surface area contributed by atoms with E-state index in [9.17, 15) is 4.79 Å². The van der Waals surface area contributed by atoms with Gasteiger partial charge >= 0.3 is 5.97 Å². The molecule has 0 radical (unpaired) electrons. The summed E-state index contributed by atoms with van der Waals surface area (Å²) in [7, 11) is 0. The zero-order chi connectivity index (χ0) is 11.6. The lowest BCUT2D eigenvalue weighted by Gasteiger charge is -2.41. The van der Waals surface area contributed by atoms with Crippen molar-refractivity contribution in [2.75, 3.05) is 0 Å². The molecule has 1 aromatic carbocycles. The largest absolute Gasteiger partial charge is 0.451 e.